The van der Waals surface area contributed by atoms with E-state index in [-0.39, 0.29) is 0 Å². The van der Waals surface area contributed by atoms with Gasteiger partial charge in [0, 0.05) is 17.6 Å². The Bertz CT molecular complexity index is 1010. The van der Waals surface area contributed by atoms with Crippen LogP contribution in [0.15, 0.2) is 48.8 Å². The summed E-state index contributed by atoms with van der Waals surface area (Å²) in [6.07, 6.45) is 0.603. The molecule has 0 fully saturated rings. The third kappa shape index (κ3) is 2.51. The van der Waals surface area contributed by atoms with Crippen molar-refractivity contribution in [2.45, 2.75) is 13.0 Å². The first kappa shape index (κ1) is 14.4. The number of anilines is 1. The summed E-state index contributed by atoms with van der Waals surface area (Å²) < 4.78 is 27.7. The molecule has 8 heteroatoms. The zero-order valence-electron chi connectivity index (χ0n) is 12.4. The number of aromatic nitrogens is 5. The molecule has 0 saturated heterocycles. The topological polar surface area (TPSA) is 68.0 Å². The van der Waals surface area contributed by atoms with Gasteiger partial charge in [-0.25, -0.2) is 28.2 Å². The summed E-state index contributed by atoms with van der Waals surface area (Å²) in [4.78, 5) is 12.1. The van der Waals surface area contributed by atoms with Crippen LogP contribution in [0.2, 0.25) is 0 Å². The SMILES string of the molecule is FC(F)c1nc(NCc2ccnc3ccnn23)c2ccccc2n1. The van der Waals surface area contributed by atoms with Gasteiger partial charge in [0.1, 0.15) is 5.82 Å². The van der Waals surface area contributed by atoms with E-state index in [1.807, 2.05) is 12.1 Å². The van der Waals surface area contributed by atoms with Crippen LogP contribution in [0.4, 0.5) is 14.6 Å². The highest BCUT2D eigenvalue weighted by Gasteiger charge is 2.15. The number of nitrogens with one attached hydrogen (secondary N) is 1. The van der Waals surface area contributed by atoms with E-state index in [0.29, 0.717) is 23.3 Å². The molecule has 3 heterocycles. The minimum atomic E-state index is -2.73. The predicted octanol–water partition coefficient (Wildman–Crippen LogP) is 3.22. The van der Waals surface area contributed by atoms with Crippen molar-refractivity contribution >= 4 is 22.4 Å². The van der Waals surface area contributed by atoms with Crippen molar-refractivity contribution in [1.29, 1.82) is 0 Å². The number of hydrogen-bond donors (Lipinski definition) is 1. The number of fused-ring (bicyclic) bond motifs is 2. The Kier molecular flexibility index (Phi) is 3.49. The maximum absolute atomic E-state index is 13.0. The van der Waals surface area contributed by atoms with Crippen molar-refractivity contribution < 1.29 is 8.78 Å². The highest BCUT2D eigenvalue weighted by Crippen LogP contribution is 2.24. The van der Waals surface area contributed by atoms with Gasteiger partial charge in [0.2, 0.25) is 0 Å². The van der Waals surface area contributed by atoms with Crippen LogP contribution in [0.3, 0.4) is 0 Å². The Balaban J connectivity index is 1.72. The van der Waals surface area contributed by atoms with Gasteiger partial charge < -0.3 is 5.32 Å². The lowest BCUT2D eigenvalue weighted by molar-refractivity contribution is 0.141. The van der Waals surface area contributed by atoms with Crippen LogP contribution < -0.4 is 5.32 Å². The van der Waals surface area contributed by atoms with Gasteiger partial charge >= 0.3 is 0 Å². The van der Waals surface area contributed by atoms with Crippen LogP contribution in [0, 0.1) is 0 Å². The summed E-state index contributed by atoms with van der Waals surface area (Å²) in [5.74, 6) is -0.122. The molecule has 4 aromatic rings. The van der Waals surface area contributed by atoms with E-state index in [0.717, 1.165) is 11.3 Å². The molecule has 0 aliphatic heterocycles. The normalized spacial score (nSPS) is 11.5. The molecule has 0 saturated carbocycles. The zero-order valence-corrected chi connectivity index (χ0v) is 12.4. The number of halogens is 2. The van der Waals surface area contributed by atoms with Crippen molar-refractivity contribution in [1.82, 2.24) is 24.6 Å². The predicted molar refractivity (Wildman–Crippen MR) is 84.8 cm³/mol. The molecule has 0 atom stereocenters. The first-order chi connectivity index (χ1) is 11.7. The second kappa shape index (κ2) is 5.80. The monoisotopic (exact) mass is 326 g/mol. The third-order valence-electron chi connectivity index (χ3n) is 3.62. The molecular formula is C16H12F2N6. The van der Waals surface area contributed by atoms with Gasteiger partial charge in [-0.05, 0) is 18.2 Å². The molecule has 6 nitrogen and oxygen atoms in total. The van der Waals surface area contributed by atoms with E-state index < -0.39 is 12.2 Å². The van der Waals surface area contributed by atoms with Crippen molar-refractivity contribution in [3.63, 3.8) is 0 Å². The first-order valence-corrected chi connectivity index (χ1v) is 7.29. The molecule has 120 valence electrons. The summed E-state index contributed by atoms with van der Waals surface area (Å²) in [5, 5.41) is 8.00. The third-order valence-corrected chi connectivity index (χ3v) is 3.62. The molecule has 0 unspecified atom stereocenters. The quantitative estimate of drug-likeness (QED) is 0.623. The second-order valence-corrected chi connectivity index (χ2v) is 5.14. The van der Waals surface area contributed by atoms with E-state index >= 15 is 0 Å². The second-order valence-electron chi connectivity index (χ2n) is 5.14. The number of rotatable bonds is 4. The van der Waals surface area contributed by atoms with E-state index in [1.54, 1.807) is 41.2 Å². The molecular weight excluding hydrogens is 314 g/mol. The summed E-state index contributed by atoms with van der Waals surface area (Å²) in [5.41, 5.74) is 2.03. The maximum atomic E-state index is 13.0. The van der Waals surface area contributed by atoms with Crippen molar-refractivity contribution in [3.8, 4) is 0 Å². The number of benzene rings is 1. The van der Waals surface area contributed by atoms with Crippen LogP contribution in [-0.2, 0) is 6.54 Å². The molecule has 4 rings (SSSR count). The van der Waals surface area contributed by atoms with Gasteiger partial charge in [-0.3, -0.25) is 0 Å². The lowest BCUT2D eigenvalue weighted by Gasteiger charge is -2.11. The van der Waals surface area contributed by atoms with Crippen LogP contribution in [0.1, 0.15) is 17.9 Å². The van der Waals surface area contributed by atoms with Crippen LogP contribution in [-0.4, -0.2) is 24.6 Å². The summed E-state index contributed by atoms with van der Waals surface area (Å²) in [6, 6.07) is 10.7. The fraction of sp³-hybridized carbons (Fsp3) is 0.125. The average molecular weight is 326 g/mol. The van der Waals surface area contributed by atoms with Gasteiger partial charge in [-0.2, -0.15) is 5.10 Å². The standard InChI is InChI=1S/C16H12F2N6/c17-14(18)16-22-12-4-2-1-3-11(12)15(23-16)20-9-10-5-7-19-13-6-8-21-24(10)13/h1-8,14H,9H2,(H,20,22,23). The number of hydrogen-bond acceptors (Lipinski definition) is 5. The molecule has 0 radical (unpaired) electrons. The number of para-hydroxylation sites is 1. The molecule has 0 spiro atoms. The summed E-state index contributed by atoms with van der Waals surface area (Å²) in [7, 11) is 0. The number of nitrogens with zero attached hydrogens (tertiary/aromatic N) is 5. The molecule has 0 amide bonds. The van der Waals surface area contributed by atoms with Gasteiger partial charge in [-0.1, -0.05) is 12.1 Å². The molecule has 0 aliphatic rings. The molecule has 24 heavy (non-hydrogen) atoms. The summed E-state index contributed by atoms with van der Waals surface area (Å²) >= 11 is 0. The van der Waals surface area contributed by atoms with E-state index in [1.165, 1.54) is 0 Å². The van der Waals surface area contributed by atoms with Gasteiger partial charge in [0.15, 0.2) is 11.5 Å². The fourth-order valence-electron chi connectivity index (χ4n) is 2.52. The molecule has 1 N–H and O–H groups in total. The molecule has 1 aromatic carbocycles. The van der Waals surface area contributed by atoms with Gasteiger partial charge in [0.25, 0.3) is 6.43 Å². The van der Waals surface area contributed by atoms with Crippen molar-refractivity contribution in [3.05, 3.63) is 60.3 Å². The van der Waals surface area contributed by atoms with Gasteiger partial charge in [-0.15, -0.1) is 0 Å². The zero-order chi connectivity index (χ0) is 16.5. The van der Waals surface area contributed by atoms with Crippen LogP contribution in [0.5, 0.6) is 0 Å². The molecule has 3 aromatic heterocycles. The lowest BCUT2D eigenvalue weighted by Crippen LogP contribution is -2.09. The Morgan fingerprint density at radius 3 is 2.79 bits per heavy atom. The number of alkyl halides is 2. The largest absolute Gasteiger partial charge is 0.364 e. The smallest absolute Gasteiger partial charge is 0.297 e. The maximum Gasteiger partial charge on any atom is 0.297 e. The van der Waals surface area contributed by atoms with E-state index in [4.69, 9.17) is 0 Å². The summed E-state index contributed by atoms with van der Waals surface area (Å²) in [6.45, 7) is 0.365. The Morgan fingerprint density at radius 1 is 1.04 bits per heavy atom. The van der Waals surface area contributed by atoms with Crippen LogP contribution in [0.25, 0.3) is 16.6 Å². The van der Waals surface area contributed by atoms with Gasteiger partial charge in [0.05, 0.1) is 24.0 Å². The minimum Gasteiger partial charge on any atom is -0.364 e. The highest BCUT2D eigenvalue weighted by molar-refractivity contribution is 5.88. The average Bonchev–Trinajstić information content (AvgIpc) is 3.08. The Labute approximate surface area is 135 Å². The Hall–Kier alpha value is -3.16. The molecule has 0 aliphatic carbocycles. The highest BCUT2D eigenvalue weighted by atomic mass is 19.3. The fourth-order valence-corrected chi connectivity index (χ4v) is 2.52. The van der Waals surface area contributed by atoms with Crippen LogP contribution >= 0.6 is 0 Å². The lowest BCUT2D eigenvalue weighted by atomic mass is 10.2. The Morgan fingerprint density at radius 2 is 1.92 bits per heavy atom. The molecule has 0 bridgehead atoms. The van der Waals surface area contributed by atoms with Crippen molar-refractivity contribution in [2.75, 3.05) is 5.32 Å². The van der Waals surface area contributed by atoms with E-state index in [2.05, 4.69) is 25.4 Å². The van der Waals surface area contributed by atoms with E-state index in [9.17, 15) is 8.78 Å². The minimum absolute atomic E-state index is 0.365. The van der Waals surface area contributed by atoms with Crippen molar-refractivity contribution in [2.24, 2.45) is 0 Å². The first-order valence-electron chi connectivity index (χ1n) is 7.29.